The Morgan fingerprint density at radius 2 is 1.52 bits per heavy atom. The van der Waals surface area contributed by atoms with Crippen molar-refractivity contribution >= 4 is 28.8 Å². The van der Waals surface area contributed by atoms with Crippen LogP contribution in [0.4, 0.5) is 0 Å². The van der Waals surface area contributed by atoms with Crippen molar-refractivity contribution in [3.8, 4) is 0 Å². The van der Waals surface area contributed by atoms with Gasteiger partial charge < -0.3 is 5.73 Å². The van der Waals surface area contributed by atoms with Gasteiger partial charge in [0.25, 0.3) is 0 Å². The van der Waals surface area contributed by atoms with Gasteiger partial charge in [0.1, 0.15) is 0 Å². The summed E-state index contributed by atoms with van der Waals surface area (Å²) in [5.74, 6) is -0.409. The van der Waals surface area contributed by atoms with Crippen LogP contribution in [0.1, 0.15) is 21.5 Å². The highest BCUT2D eigenvalue weighted by molar-refractivity contribution is 5.97. The van der Waals surface area contributed by atoms with Crippen molar-refractivity contribution in [3.05, 3.63) is 83.4 Å². The molecule has 0 aromatic heterocycles. The van der Waals surface area contributed by atoms with Gasteiger partial charge in [-0.1, -0.05) is 66.7 Å². The zero-order valence-electron chi connectivity index (χ0n) is 11.5. The van der Waals surface area contributed by atoms with E-state index in [1.165, 1.54) is 10.8 Å². The molecule has 0 atom stereocenters. The van der Waals surface area contributed by atoms with Crippen molar-refractivity contribution < 1.29 is 4.79 Å². The fourth-order valence-electron chi connectivity index (χ4n) is 2.36. The van der Waals surface area contributed by atoms with Crippen LogP contribution < -0.4 is 5.73 Å². The molecule has 2 N–H and O–H groups in total. The van der Waals surface area contributed by atoms with Crippen LogP contribution in [-0.2, 0) is 0 Å². The van der Waals surface area contributed by atoms with E-state index in [1.807, 2.05) is 42.5 Å². The van der Waals surface area contributed by atoms with E-state index in [1.54, 1.807) is 6.07 Å². The largest absolute Gasteiger partial charge is 0.366 e. The second-order valence-electron chi connectivity index (χ2n) is 4.89. The van der Waals surface area contributed by atoms with Crippen LogP contribution in [-0.4, -0.2) is 5.91 Å². The summed E-state index contributed by atoms with van der Waals surface area (Å²) in [7, 11) is 0. The molecule has 3 rings (SSSR count). The van der Waals surface area contributed by atoms with Gasteiger partial charge in [-0.05, 0) is 34.0 Å². The lowest BCUT2D eigenvalue weighted by Crippen LogP contribution is -2.12. The molecular weight excluding hydrogens is 258 g/mol. The summed E-state index contributed by atoms with van der Waals surface area (Å²) in [5.41, 5.74) is 7.84. The molecule has 0 saturated carbocycles. The summed E-state index contributed by atoms with van der Waals surface area (Å²) < 4.78 is 0. The van der Waals surface area contributed by atoms with Crippen LogP contribution in [0.3, 0.4) is 0 Å². The average molecular weight is 273 g/mol. The molecule has 2 nitrogen and oxygen atoms in total. The van der Waals surface area contributed by atoms with E-state index in [9.17, 15) is 4.79 Å². The lowest BCUT2D eigenvalue weighted by atomic mass is 10.0. The summed E-state index contributed by atoms with van der Waals surface area (Å²) in [5, 5.41) is 2.41. The van der Waals surface area contributed by atoms with E-state index >= 15 is 0 Å². The number of hydrogen-bond donors (Lipinski definition) is 1. The lowest BCUT2D eigenvalue weighted by molar-refractivity contribution is 0.1000. The molecule has 0 fully saturated rings. The van der Waals surface area contributed by atoms with Crippen LogP contribution in [0.15, 0.2) is 66.7 Å². The van der Waals surface area contributed by atoms with Crippen molar-refractivity contribution in [3.63, 3.8) is 0 Å². The first-order valence-corrected chi connectivity index (χ1v) is 6.80. The first-order chi connectivity index (χ1) is 10.2. The van der Waals surface area contributed by atoms with Gasteiger partial charge in [0, 0.05) is 5.56 Å². The summed E-state index contributed by atoms with van der Waals surface area (Å²) in [4.78, 5) is 11.4. The number of fused-ring (bicyclic) bond motifs is 1. The summed E-state index contributed by atoms with van der Waals surface area (Å²) in [6, 6.07) is 21.8. The van der Waals surface area contributed by atoms with E-state index in [0.29, 0.717) is 5.56 Å². The predicted molar refractivity (Wildman–Crippen MR) is 87.8 cm³/mol. The van der Waals surface area contributed by atoms with Crippen LogP contribution >= 0.6 is 0 Å². The molecule has 3 aromatic carbocycles. The van der Waals surface area contributed by atoms with Crippen LogP contribution in [0, 0.1) is 0 Å². The third-order valence-electron chi connectivity index (χ3n) is 3.46. The second kappa shape index (κ2) is 5.63. The maximum atomic E-state index is 11.4. The Balaban J connectivity index is 1.96. The highest BCUT2D eigenvalue weighted by Gasteiger charge is 2.03. The molecule has 0 unspecified atom stereocenters. The van der Waals surface area contributed by atoms with Crippen LogP contribution in [0.2, 0.25) is 0 Å². The third kappa shape index (κ3) is 2.84. The molecule has 0 bridgehead atoms. The molecule has 1 amide bonds. The molecular formula is C19H15NO. The number of nitrogens with two attached hydrogens (primary N) is 1. The minimum atomic E-state index is -0.409. The molecule has 2 heteroatoms. The van der Waals surface area contributed by atoms with Gasteiger partial charge in [0.2, 0.25) is 5.91 Å². The molecule has 0 heterocycles. The first kappa shape index (κ1) is 13.1. The number of amides is 1. The van der Waals surface area contributed by atoms with Crippen molar-refractivity contribution in [2.45, 2.75) is 0 Å². The summed E-state index contributed by atoms with van der Waals surface area (Å²) >= 11 is 0. The van der Waals surface area contributed by atoms with E-state index in [4.69, 9.17) is 5.73 Å². The summed E-state index contributed by atoms with van der Waals surface area (Å²) in [6.45, 7) is 0. The number of hydrogen-bond acceptors (Lipinski definition) is 1. The van der Waals surface area contributed by atoms with E-state index in [0.717, 1.165) is 11.1 Å². The molecule has 102 valence electrons. The third-order valence-corrected chi connectivity index (χ3v) is 3.46. The minimum absolute atomic E-state index is 0.409. The Morgan fingerprint density at radius 3 is 2.33 bits per heavy atom. The van der Waals surface area contributed by atoms with E-state index < -0.39 is 5.91 Å². The molecule has 0 aliphatic rings. The molecule has 0 saturated heterocycles. The maximum absolute atomic E-state index is 11.4. The fourth-order valence-corrected chi connectivity index (χ4v) is 2.36. The van der Waals surface area contributed by atoms with Gasteiger partial charge in [-0.3, -0.25) is 4.79 Å². The molecule has 3 aromatic rings. The van der Waals surface area contributed by atoms with E-state index in [-0.39, 0.29) is 0 Å². The second-order valence-corrected chi connectivity index (χ2v) is 4.89. The standard InChI is InChI=1S/C19H15NO/c20-19(21)18-8-4-3-6-16(18)12-10-14-9-11-15-5-1-2-7-17(15)13-14/h1-13H,(H2,20,21)/b12-10+. The zero-order valence-corrected chi connectivity index (χ0v) is 11.5. The van der Waals surface area contributed by atoms with Crippen molar-refractivity contribution in [2.24, 2.45) is 5.73 Å². The van der Waals surface area contributed by atoms with Crippen molar-refractivity contribution in [1.82, 2.24) is 0 Å². The van der Waals surface area contributed by atoms with Gasteiger partial charge in [-0.15, -0.1) is 0 Å². The first-order valence-electron chi connectivity index (χ1n) is 6.80. The topological polar surface area (TPSA) is 43.1 Å². The Bertz CT molecular complexity index is 834. The number of benzene rings is 3. The number of carbonyl (C=O) groups is 1. The predicted octanol–water partition coefficient (Wildman–Crippen LogP) is 4.11. The Kier molecular flexibility index (Phi) is 3.52. The highest BCUT2D eigenvalue weighted by atomic mass is 16.1. The van der Waals surface area contributed by atoms with Gasteiger partial charge in [-0.2, -0.15) is 0 Å². The highest BCUT2D eigenvalue weighted by Crippen LogP contribution is 2.18. The monoisotopic (exact) mass is 273 g/mol. The number of rotatable bonds is 3. The van der Waals surface area contributed by atoms with Crippen LogP contribution in [0.5, 0.6) is 0 Å². The van der Waals surface area contributed by atoms with E-state index in [2.05, 4.69) is 30.3 Å². The average Bonchev–Trinajstić information content (AvgIpc) is 2.53. The Labute approximate surface area is 123 Å². The minimum Gasteiger partial charge on any atom is -0.366 e. The Morgan fingerprint density at radius 1 is 0.810 bits per heavy atom. The van der Waals surface area contributed by atoms with Crippen molar-refractivity contribution in [1.29, 1.82) is 0 Å². The molecule has 0 aliphatic heterocycles. The number of primary amides is 1. The smallest absolute Gasteiger partial charge is 0.249 e. The normalized spacial score (nSPS) is 11.0. The van der Waals surface area contributed by atoms with Crippen LogP contribution in [0.25, 0.3) is 22.9 Å². The molecule has 0 radical (unpaired) electrons. The van der Waals surface area contributed by atoms with Gasteiger partial charge in [0.15, 0.2) is 0 Å². The molecule has 0 aliphatic carbocycles. The van der Waals surface area contributed by atoms with Gasteiger partial charge in [0.05, 0.1) is 0 Å². The molecule has 0 spiro atoms. The summed E-state index contributed by atoms with van der Waals surface area (Å²) in [6.07, 6.45) is 3.92. The number of carbonyl (C=O) groups excluding carboxylic acids is 1. The fraction of sp³-hybridized carbons (Fsp3) is 0. The van der Waals surface area contributed by atoms with Crippen molar-refractivity contribution in [2.75, 3.05) is 0 Å². The Hall–Kier alpha value is -2.87. The maximum Gasteiger partial charge on any atom is 0.249 e. The quantitative estimate of drug-likeness (QED) is 0.717. The molecule has 21 heavy (non-hydrogen) atoms. The lowest BCUT2D eigenvalue weighted by Gasteiger charge is -2.02. The van der Waals surface area contributed by atoms with Gasteiger partial charge in [-0.25, -0.2) is 0 Å². The zero-order chi connectivity index (χ0) is 14.7. The van der Waals surface area contributed by atoms with Gasteiger partial charge >= 0.3 is 0 Å². The SMILES string of the molecule is NC(=O)c1ccccc1/C=C/c1ccc2ccccc2c1.